The number of aryl methyl sites for hydroxylation is 1. The summed E-state index contributed by atoms with van der Waals surface area (Å²) >= 11 is 1.98. The van der Waals surface area contributed by atoms with Crippen LogP contribution < -0.4 is 0 Å². The van der Waals surface area contributed by atoms with Crippen LogP contribution in [0.25, 0.3) is 0 Å². The Hall–Kier alpha value is -0.970. The van der Waals surface area contributed by atoms with E-state index in [0.717, 1.165) is 36.5 Å². The van der Waals surface area contributed by atoms with Gasteiger partial charge in [-0.25, -0.2) is 0 Å². The predicted octanol–water partition coefficient (Wildman–Crippen LogP) is 2.59. The molecule has 1 aliphatic heterocycles. The van der Waals surface area contributed by atoms with Gasteiger partial charge in [0.2, 0.25) is 0 Å². The number of rotatable bonds is 4. The van der Waals surface area contributed by atoms with Crippen LogP contribution in [0, 0.1) is 5.92 Å². The van der Waals surface area contributed by atoms with Gasteiger partial charge in [-0.15, -0.1) is 0 Å². The highest BCUT2D eigenvalue weighted by Crippen LogP contribution is 2.22. The minimum absolute atomic E-state index is 0.104. The average molecular weight is 295 g/mol. The zero-order valence-electron chi connectivity index (χ0n) is 12.9. The van der Waals surface area contributed by atoms with Crippen molar-refractivity contribution in [2.24, 2.45) is 13.0 Å². The summed E-state index contributed by atoms with van der Waals surface area (Å²) in [5.74, 6) is 2.98. The van der Waals surface area contributed by atoms with Gasteiger partial charge in [-0.2, -0.15) is 16.9 Å². The molecule has 0 N–H and O–H groups in total. The summed E-state index contributed by atoms with van der Waals surface area (Å²) in [7, 11) is 3.79. The molecule has 0 aliphatic carbocycles. The molecule has 0 aromatic carbocycles. The average Bonchev–Trinajstić information content (AvgIpc) is 2.78. The summed E-state index contributed by atoms with van der Waals surface area (Å²) in [5.41, 5.74) is 1.72. The Morgan fingerprint density at radius 3 is 2.75 bits per heavy atom. The lowest BCUT2D eigenvalue weighted by Gasteiger charge is -2.30. The van der Waals surface area contributed by atoms with Gasteiger partial charge < -0.3 is 4.90 Å². The highest BCUT2D eigenvalue weighted by atomic mass is 32.2. The van der Waals surface area contributed by atoms with E-state index < -0.39 is 0 Å². The molecule has 1 fully saturated rings. The van der Waals surface area contributed by atoms with Crippen LogP contribution in [-0.4, -0.2) is 45.2 Å². The molecule has 20 heavy (non-hydrogen) atoms. The molecule has 2 heterocycles. The molecular weight excluding hydrogens is 270 g/mol. The Labute approximate surface area is 125 Å². The SMILES string of the molecule is CC(C)Cc1cc(C(=O)N(C)C2CCSCC2)n(C)n1. The minimum Gasteiger partial charge on any atom is -0.337 e. The zero-order valence-corrected chi connectivity index (χ0v) is 13.7. The van der Waals surface area contributed by atoms with E-state index in [1.807, 2.05) is 36.8 Å². The van der Waals surface area contributed by atoms with Gasteiger partial charge in [0, 0.05) is 20.1 Å². The molecule has 0 atom stereocenters. The number of carbonyl (C=O) groups excluding carboxylic acids is 1. The van der Waals surface area contributed by atoms with Gasteiger partial charge in [0.05, 0.1) is 5.69 Å². The van der Waals surface area contributed by atoms with Gasteiger partial charge in [0.25, 0.3) is 5.91 Å². The van der Waals surface area contributed by atoms with E-state index in [-0.39, 0.29) is 5.91 Å². The summed E-state index contributed by atoms with van der Waals surface area (Å²) < 4.78 is 1.73. The zero-order chi connectivity index (χ0) is 14.7. The first kappa shape index (κ1) is 15.4. The van der Waals surface area contributed by atoms with Gasteiger partial charge in [-0.3, -0.25) is 9.48 Å². The number of hydrogen-bond acceptors (Lipinski definition) is 3. The van der Waals surface area contributed by atoms with Crippen molar-refractivity contribution in [1.82, 2.24) is 14.7 Å². The fourth-order valence-electron chi connectivity index (χ4n) is 2.66. The molecule has 0 radical (unpaired) electrons. The fourth-order valence-corrected chi connectivity index (χ4v) is 3.75. The topological polar surface area (TPSA) is 38.1 Å². The van der Waals surface area contributed by atoms with Crippen LogP contribution in [-0.2, 0) is 13.5 Å². The number of hydrogen-bond donors (Lipinski definition) is 0. The smallest absolute Gasteiger partial charge is 0.272 e. The molecule has 2 rings (SSSR count). The van der Waals surface area contributed by atoms with E-state index in [0.29, 0.717) is 17.7 Å². The van der Waals surface area contributed by atoms with E-state index in [1.54, 1.807) is 4.68 Å². The van der Waals surface area contributed by atoms with Crippen LogP contribution >= 0.6 is 11.8 Å². The van der Waals surface area contributed by atoms with Crippen molar-refractivity contribution >= 4 is 17.7 Å². The molecule has 0 bridgehead atoms. The summed E-state index contributed by atoms with van der Waals surface area (Å²) in [6.07, 6.45) is 3.12. The third kappa shape index (κ3) is 3.57. The lowest BCUT2D eigenvalue weighted by atomic mass is 10.1. The third-order valence-electron chi connectivity index (χ3n) is 3.83. The lowest BCUT2D eigenvalue weighted by Crippen LogP contribution is -2.40. The largest absolute Gasteiger partial charge is 0.337 e. The molecule has 112 valence electrons. The molecule has 0 saturated carbocycles. The molecule has 0 unspecified atom stereocenters. The maximum absolute atomic E-state index is 12.6. The Kier molecular flexibility index (Phi) is 5.13. The van der Waals surface area contributed by atoms with Gasteiger partial charge in [0.1, 0.15) is 5.69 Å². The second-order valence-corrected chi connectivity index (χ2v) is 7.23. The van der Waals surface area contributed by atoms with Crippen LogP contribution in [0.3, 0.4) is 0 Å². The first-order chi connectivity index (χ1) is 9.49. The van der Waals surface area contributed by atoms with Crippen LogP contribution in [0.4, 0.5) is 0 Å². The number of aromatic nitrogens is 2. The van der Waals surface area contributed by atoms with Crippen molar-refractivity contribution in [3.8, 4) is 0 Å². The summed E-state index contributed by atoms with van der Waals surface area (Å²) in [6.45, 7) is 4.34. The molecule has 5 heteroatoms. The van der Waals surface area contributed by atoms with Crippen molar-refractivity contribution in [2.45, 2.75) is 39.2 Å². The Morgan fingerprint density at radius 1 is 1.50 bits per heavy atom. The summed E-state index contributed by atoms with van der Waals surface area (Å²) in [4.78, 5) is 14.5. The van der Waals surface area contributed by atoms with Crippen molar-refractivity contribution in [3.63, 3.8) is 0 Å². The van der Waals surface area contributed by atoms with E-state index in [1.165, 1.54) is 0 Å². The molecule has 1 aromatic rings. The normalized spacial score (nSPS) is 16.6. The monoisotopic (exact) mass is 295 g/mol. The summed E-state index contributed by atoms with van der Waals surface area (Å²) in [6, 6.07) is 2.34. The van der Waals surface area contributed by atoms with Crippen molar-refractivity contribution in [3.05, 3.63) is 17.5 Å². The van der Waals surface area contributed by atoms with Crippen molar-refractivity contribution in [2.75, 3.05) is 18.6 Å². The Balaban J connectivity index is 2.09. The van der Waals surface area contributed by atoms with Crippen molar-refractivity contribution < 1.29 is 4.79 Å². The number of thioether (sulfide) groups is 1. The van der Waals surface area contributed by atoms with E-state index >= 15 is 0 Å². The summed E-state index contributed by atoms with van der Waals surface area (Å²) in [5, 5.41) is 4.46. The number of amides is 1. The Bertz CT molecular complexity index is 464. The quantitative estimate of drug-likeness (QED) is 0.857. The molecule has 4 nitrogen and oxygen atoms in total. The first-order valence-corrected chi connectivity index (χ1v) is 8.52. The predicted molar refractivity (Wildman–Crippen MR) is 84.2 cm³/mol. The lowest BCUT2D eigenvalue weighted by molar-refractivity contribution is 0.0712. The van der Waals surface area contributed by atoms with E-state index in [9.17, 15) is 4.79 Å². The molecule has 1 aromatic heterocycles. The molecule has 1 amide bonds. The third-order valence-corrected chi connectivity index (χ3v) is 4.87. The fraction of sp³-hybridized carbons (Fsp3) is 0.733. The van der Waals surface area contributed by atoms with Gasteiger partial charge >= 0.3 is 0 Å². The van der Waals surface area contributed by atoms with Gasteiger partial charge in [-0.1, -0.05) is 13.8 Å². The van der Waals surface area contributed by atoms with Gasteiger partial charge in [0.15, 0.2) is 0 Å². The molecule has 1 saturated heterocycles. The van der Waals surface area contributed by atoms with Gasteiger partial charge in [-0.05, 0) is 42.8 Å². The highest BCUT2D eigenvalue weighted by Gasteiger charge is 2.25. The first-order valence-electron chi connectivity index (χ1n) is 7.37. The highest BCUT2D eigenvalue weighted by molar-refractivity contribution is 7.99. The van der Waals surface area contributed by atoms with Crippen molar-refractivity contribution in [1.29, 1.82) is 0 Å². The molecular formula is C15H25N3OS. The minimum atomic E-state index is 0.104. The van der Waals surface area contributed by atoms with E-state index in [4.69, 9.17) is 0 Å². The maximum atomic E-state index is 12.6. The van der Waals surface area contributed by atoms with Crippen LogP contribution in [0.15, 0.2) is 6.07 Å². The number of nitrogens with zero attached hydrogens (tertiary/aromatic N) is 3. The second kappa shape index (κ2) is 6.66. The maximum Gasteiger partial charge on any atom is 0.272 e. The standard InChI is InChI=1S/C15H25N3OS/c1-11(2)9-12-10-14(18(4)16-12)15(19)17(3)13-5-7-20-8-6-13/h10-11,13H,5-9H2,1-4H3. The number of carbonyl (C=O) groups is 1. The van der Waals surface area contributed by atoms with Crippen LogP contribution in [0.2, 0.25) is 0 Å². The molecule has 0 spiro atoms. The van der Waals surface area contributed by atoms with Crippen LogP contribution in [0.5, 0.6) is 0 Å². The Morgan fingerprint density at radius 2 is 2.15 bits per heavy atom. The second-order valence-electron chi connectivity index (χ2n) is 6.00. The van der Waals surface area contributed by atoms with Crippen LogP contribution in [0.1, 0.15) is 42.9 Å². The molecule has 1 aliphatic rings. The van der Waals surface area contributed by atoms with E-state index in [2.05, 4.69) is 18.9 Å².